The van der Waals surface area contributed by atoms with Gasteiger partial charge in [0.2, 0.25) is 11.9 Å². The van der Waals surface area contributed by atoms with Crippen LogP contribution in [0.1, 0.15) is 13.8 Å². The molecular formula is C13H25N5O3. The molecule has 0 atom stereocenters. The predicted octanol–water partition coefficient (Wildman–Crippen LogP) is 0.801. The van der Waals surface area contributed by atoms with Gasteiger partial charge in [0.05, 0.1) is 20.3 Å². The van der Waals surface area contributed by atoms with Crippen LogP contribution in [0.25, 0.3) is 0 Å². The van der Waals surface area contributed by atoms with Gasteiger partial charge in [-0.2, -0.15) is 15.0 Å². The van der Waals surface area contributed by atoms with Gasteiger partial charge in [-0.05, 0) is 13.8 Å². The minimum Gasteiger partial charge on any atom is -0.467 e. The maximum absolute atomic E-state index is 5.40. The Hall–Kier alpha value is -1.67. The van der Waals surface area contributed by atoms with Gasteiger partial charge in [-0.1, -0.05) is 0 Å². The minimum absolute atomic E-state index is 0.280. The lowest BCUT2D eigenvalue weighted by atomic mass is 10.5. The molecule has 8 nitrogen and oxygen atoms in total. The molecule has 0 unspecified atom stereocenters. The maximum atomic E-state index is 5.40. The lowest BCUT2D eigenvalue weighted by molar-refractivity contribution is 0.141. The van der Waals surface area contributed by atoms with Crippen LogP contribution in [0.2, 0.25) is 0 Å². The number of methoxy groups -OCH3 is 1. The highest BCUT2D eigenvalue weighted by molar-refractivity contribution is 5.38. The van der Waals surface area contributed by atoms with E-state index in [1.54, 1.807) is 7.05 Å². The summed E-state index contributed by atoms with van der Waals surface area (Å²) in [6.45, 7) is 7.86. The van der Waals surface area contributed by atoms with Crippen molar-refractivity contribution in [2.45, 2.75) is 13.8 Å². The molecule has 1 heterocycles. The average Bonchev–Trinajstić information content (AvgIpc) is 2.53. The van der Waals surface area contributed by atoms with Crippen LogP contribution in [0, 0.1) is 0 Å². The normalized spacial score (nSPS) is 10.5. The Morgan fingerprint density at radius 1 is 1.00 bits per heavy atom. The van der Waals surface area contributed by atoms with E-state index in [4.69, 9.17) is 14.2 Å². The molecule has 1 N–H and O–H groups in total. The monoisotopic (exact) mass is 299 g/mol. The van der Waals surface area contributed by atoms with Crippen molar-refractivity contribution in [3.05, 3.63) is 0 Å². The lowest BCUT2D eigenvalue weighted by Crippen LogP contribution is -2.33. The molecule has 0 aliphatic heterocycles. The van der Waals surface area contributed by atoms with Gasteiger partial charge in [-0.15, -0.1) is 0 Å². The quantitative estimate of drug-likeness (QED) is 0.601. The van der Waals surface area contributed by atoms with Gasteiger partial charge < -0.3 is 24.4 Å². The number of nitrogens with one attached hydrogen (secondary N) is 1. The Balaban J connectivity index is 2.83. The number of anilines is 2. The van der Waals surface area contributed by atoms with Gasteiger partial charge in [0.25, 0.3) is 0 Å². The van der Waals surface area contributed by atoms with E-state index in [0.717, 1.165) is 0 Å². The van der Waals surface area contributed by atoms with Crippen LogP contribution < -0.4 is 15.0 Å². The smallest absolute Gasteiger partial charge is 0.322 e. The number of hydrogen-bond acceptors (Lipinski definition) is 8. The molecule has 0 saturated heterocycles. The summed E-state index contributed by atoms with van der Waals surface area (Å²) < 4.78 is 15.9. The Morgan fingerprint density at radius 2 is 1.62 bits per heavy atom. The summed E-state index contributed by atoms with van der Waals surface area (Å²) in [6.07, 6.45) is 0. The van der Waals surface area contributed by atoms with E-state index in [0.29, 0.717) is 51.4 Å². The number of nitrogens with zero attached hydrogens (tertiary/aromatic N) is 4. The van der Waals surface area contributed by atoms with E-state index in [9.17, 15) is 0 Å². The molecular weight excluding hydrogens is 274 g/mol. The van der Waals surface area contributed by atoms with E-state index >= 15 is 0 Å². The molecule has 0 fully saturated rings. The van der Waals surface area contributed by atoms with Crippen LogP contribution in [-0.2, 0) is 9.47 Å². The van der Waals surface area contributed by atoms with E-state index in [-0.39, 0.29) is 6.01 Å². The van der Waals surface area contributed by atoms with Crippen molar-refractivity contribution < 1.29 is 14.2 Å². The average molecular weight is 299 g/mol. The number of aromatic nitrogens is 3. The molecule has 0 aliphatic carbocycles. The van der Waals surface area contributed by atoms with Crippen molar-refractivity contribution in [1.82, 2.24) is 15.0 Å². The Labute approximate surface area is 125 Å². The van der Waals surface area contributed by atoms with Crippen molar-refractivity contribution in [3.63, 3.8) is 0 Å². The summed E-state index contributed by atoms with van der Waals surface area (Å²) in [7, 11) is 3.28. The molecule has 0 saturated carbocycles. The predicted molar refractivity (Wildman–Crippen MR) is 81.1 cm³/mol. The molecule has 0 bridgehead atoms. The Bertz CT molecular complexity index is 373. The molecule has 0 amide bonds. The third-order valence-corrected chi connectivity index (χ3v) is 2.71. The molecule has 120 valence electrons. The highest BCUT2D eigenvalue weighted by atomic mass is 16.5. The summed E-state index contributed by atoms with van der Waals surface area (Å²) in [5.41, 5.74) is 0. The Morgan fingerprint density at radius 3 is 2.10 bits per heavy atom. The summed E-state index contributed by atoms with van der Waals surface area (Å²) >= 11 is 0. The molecule has 0 aliphatic rings. The lowest BCUT2D eigenvalue weighted by Gasteiger charge is -2.22. The second-order valence-corrected chi connectivity index (χ2v) is 4.08. The summed E-state index contributed by atoms with van der Waals surface area (Å²) in [5.74, 6) is 1.01. The maximum Gasteiger partial charge on any atom is 0.322 e. The summed E-state index contributed by atoms with van der Waals surface area (Å²) in [6, 6.07) is 0.280. The third kappa shape index (κ3) is 6.09. The van der Waals surface area contributed by atoms with E-state index < -0.39 is 0 Å². The molecule has 1 aromatic heterocycles. The SMILES string of the molecule is CCOCCN(CCOCC)c1nc(NC)nc(OC)n1. The van der Waals surface area contributed by atoms with Gasteiger partial charge in [-0.25, -0.2) is 0 Å². The molecule has 1 rings (SSSR count). The highest BCUT2D eigenvalue weighted by Gasteiger charge is 2.13. The van der Waals surface area contributed by atoms with Gasteiger partial charge >= 0.3 is 6.01 Å². The van der Waals surface area contributed by atoms with Crippen LogP contribution in [0.15, 0.2) is 0 Å². The first-order chi connectivity index (χ1) is 10.2. The molecule has 0 spiro atoms. The van der Waals surface area contributed by atoms with Crippen LogP contribution in [-0.4, -0.2) is 68.6 Å². The molecule has 0 aromatic carbocycles. The van der Waals surface area contributed by atoms with E-state index in [1.165, 1.54) is 7.11 Å². The Kier molecular flexibility index (Phi) is 8.37. The molecule has 0 radical (unpaired) electrons. The van der Waals surface area contributed by atoms with Crippen LogP contribution >= 0.6 is 0 Å². The number of ether oxygens (including phenoxy) is 3. The minimum atomic E-state index is 0.280. The number of rotatable bonds is 11. The first kappa shape index (κ1) is 17.4. The van der Waals surface area contributed by atoms with Crippen LogP contribution in [0.5, 0.6) is 6.01 Å². The standard InChI is InChI=1S/C13H25N5O3/c1-5-20-9-7-18(8-10-21-6-2)12-15-11(14-3)16-13(17-12)19-4/h5-10H2,1-4H3,(H,14,15,16,17). The fraction of sp³-hybridized carbons (Fsp3) is 0.769. The van der Waals surface area contributed by atoms with Gasteiger partial charge in [0.1, 0.15) is 0 Å². The second-order valence-electron chi connectivity index (χ2n) is 4.08. The largest absolute Gasteiger partial charge is 0.467 e. The van der Waals surface area contributed by atoms with Crippen LogP contribution in [0.4, 0.5) is 11.9 Å². The van der Waals surface area contributed by atoms with E-state index in [2.05, 4.69) is 20.3 Å². The second kappa shape index (κ2) is 10.1. The van der Waals surface area contributed by atoms with Crippen molar-refractivity contribution in [3.8, 4) is 6.01 Å². The zero-order valence-corrected chi connectivity index (χ0v) is 13.3. The molecule has 21 heavy (non-hydrogen) atoms. The van der Waals surface area contributed by atoms with Crippen molar-refractivity contribution in [1.29, 1.82) is 0 Å². The highest BCUT2D eigenvalue weighted by Crippen LogP contribution is 2.14. The van der Waals surface area contributed by atoms with E-state index in [1.807, 2.05) is 18.7 Å². The van der Waals surface area contributed by atoms with Crippen molar-refractivity contribution >= 4 is 11.9 Å². The first-order valence-corrected chi connectivity index (χ1v) is 7.13. The zero-order chi connectivity index (χ0) is 15.5. The summed E-state index contributed by atoms with van der Waals surface area (Å²) in [5, 5.41) is 2.90. The fourth-order valence-corrected chi connectivity index (χ4v) is 1.64. The van der Waals surface area contributed by atoms with Crippen LogP contribution in [0.3, 0.4) is 0 Å². The zero-order valence-electron chi connectivity index (χ0n) is 13.3. The van der Waals surface area contributed by atoms with Gasteiger partial charge in [-0.3, -0.25) is 0 Å². The van der Waals surface area contributed by atoms with Gasteiger partial charge in [0.15, 0.2) is 0 Å². The summed E-state index contributed by atoms with van der Waals surface area (Å²) in [4.78, 5) is 14.7. The number of hydrogen-bond donors (Lipinski definition) is 1. The fourth-order valence-electron chi connectivity index (χ4n) is 1.64. The molecule has 8 heteroatoms. The van der Waals surface area contributed by atoms with Crippen molar-refractivity contribution in [2.24, 2.45) is 0 Å². The van der Waals surface area contributed by atoms with Crippen molar-refractivity contribution in [2.75, 3.05) is 63.9 Å². The topological polar surface area (TPSA) is 81.6 Å². The first-order valence-electron chi connectivity index (χ1n) is 7.13. The molecule has 1 aromatic rings. The third-order valence-electron chi connectivity index (χ3n) is 2.71. The van der Waals surface area contributed by atoms with Gasteiger partial charge in [0, 0.05) is 33.4 Å².